The van der Waals surface area contributed by atoms with Crippen molar-refractivity contribution in [2.24, 2.45) is 0 Å². The SMILES string of the molecule is CNC(C)(C)C(=O)N(C)CCc1ccccc1C. The Morgan fingerprint density at radius 3 is 2.50 bits per heavy atom. The van der Waals surface area contributed by atoms with E-state index in [4.69, 9.17) is 0 Å². The van der Waals surface area contributed by atoms with Crippen LogP contribution in [0.15, 0.2) is 24.3 Å². The Morgan fingerprint density at radius 1 is 1.33 bits per heavy atom. The van der Waals surface area contributed by atoms with Crippen molar-refractivity contribution in [3.63, 3.8) is 0 Å². The summed E-state index contributed by atoms with van der Waals surface area (Å²) in [6, 6.07) is 8.31. The van der Waals surface area contributed by atoms with Crippen molar-refractivity contribution in [1.82, 2.24) is 10.2 Å². The average molecular weight is 248 g/mol. The normalized spacial score (nSPS) is 11.4. The lowest BCUT2D eigenvalue weighted by Crippen LogP contribution is -2.52. The molecular formula is C15H24N2O. The maximum atomic E-state index is 12.2. The molecule has 1 aromatic rings. The minimum atomic E-state index is -0.500. The van der Waals surface area contributed by atoms with Crippen LogP contribution in [0.2, 0.25) is 0 Å². The second-order valence-corrected chi connectivity index (χ2v) is 5.28. The van der Waals surface area contributed by atoms with Gasteiger partial charge in [-0.3, -0.25) is 4.79 Å². The summed E-state index contributed by atoms with van der Waals surface area (Å²) >= 11 is 0. The predicted octanol–water partition coefficient (Wildman–Crippen LogP) is 1.99. The van der Waals surface area contributed by atoms with E-state index < -0.39 is 5.54 Å². The van der Waals surface area contributed by atoms with Crippen LogP contribution in [0.5, 0.6) is 0 Å². The molecule has 1 aromatic carbocycles. The first-order valence-corrected chi connectivity index (χ1v) is 6.37. The van der Waals surface area contributed by atoms with Gasteiger partial charge in [0.1, 0.15) is 0 Å². The Labute approximate surface area is 110 Å². The Hall–Kier alpha value is -1.35. The van der Waals surface area contributed by atoms with Gasteiger partial charge in [0.25, 0.3) is 0 Å². The lowest BCUT2D eigenvalue weighted by Gasteiger charge is -2.29. The lowest BCUT2D eigenvalue weighted by molar-refractivity contribution is -0.135. The van der Waals surface area contributed by atoms with Gasteiger partial charge in [-0.05, 0) is 45.4 Å². The van der Waals surface area contributed by atoms with Gasteiger partial charge in [-0.2, -0.15) is 0 Å². The molecule has 0 bridgehead atoms. The maximum absolute atomic E-state index is 12.2. The monoisotopic (exact) mass is 248 g/mol. The third kappa shape index (κ3) is 3.57. The minimum Gasteiger partial charge on any atom is -0.344 e. The fourth-order valence-corrected chi connectivity index (χ4v) is 1.86. The molecule has 0 radical (unpaired) electrons. The zero-order valence-corrected chi connectivity index (χ0v) is 12.1. The molecular weight excluding hydrogens is 224 g/mol. The van der Waals surface area contributed by atoms with Crippen molar-refractivity contribution in [2.45, 2.75) is 32.7 Å². The lowest BCUT2D eigenvalue weighted by atomic mass is 10.0. The van der Waals surface area contributed by atoms with Crippen molar-refractivity contribution in [3.8, 4) is 0 Å². The van der Waals surface area contributed by atoms with Gasteiger partial charge in [0, 0.05) is 13.6 Å². The van der Waals surface area contributed by atoms with Crippen LogP contribution in [0.3, 0.4) is 0 Å². The van der Waals surface area contributed by atoms with E-state index in [2.05, 4.69) is 24.4 Å². The number of aryl methyl sites for hydroxylation is 1. The summed E-state index contributed by atoms with van der Waals surface area (Å²) in [5.41, 5.74) is 2.09. The van der Waals surface area contributed by atoms with E-state index in [-0.39, 0.29) is 5.91 Å². The van der Waals surface area contributed by atoms with Crippen molar-refractivity contribution in [2.75, 3.05) is 20.6 Å². The van der Waals surface area contributed by atoms with Crippen LogP contribution < -0.4 is 5.32 Å². The van der Waals surface area contributed by atoms with Gasteiger partial charge in [0.15, 0.2) is 0 Å². The molecule has 0 aliphatic carbocycles. The zero-order chi connectivity index (χ0) is 13.8. The van der Waals surface area contributed by atoms with Crippen LogP contribution >= 0.6 is 0 Å². The molecule has 3 heteroatoms. The molecule has 0 saturated heterocycles. The number of nitrogens with one attached hydrogen (secondary N) is 1. The first kappa shape index (κ1) is 14.7. The number of hydrogen-bond donors (Lipinski definition) is 1. The molecule has 0 aliphatic heterocycles. The molecule has 3 nitrogen and oxygen atoms in total. The highest BCUT2D eigenvalue weighted by atomic mass is 16.2. The fraction of sp³-hybridized carbons (Fsp3) is 0.533. The molecule has 0 aromatic heterocycles. The van der Waals surface area contributed by atoms with Gasteiger partial charge < -0.3 is 10.2 Å². The summed E-state index contributed by atoms with van der Waals surface area (Å²) in [4.78, 5) is 14.0. The molecule has 0 unspecified atom stereocenters. The van der Waals surface area contributed by atoms with E-state index in [1.54, 1.807) is 4.90 Å². The first-order valence-electron chi connectivity index (χ1n) is 6.37. The minimum absolute atomic E-state index is 0.124. The van der Waals surface area contributed by atoms with E-state index in [1.165, 1.54) is 11.1 Å². The van der Waals surface area contributed by atoms with Gasteiger partial charge in [-0.25, -0.2) is 0 Å². The van der Waals surface area contributed by atoms with E-state index in [9.17, 15) is 4.79 Å². The number of amides is 1. The molecule has 0 aliphatic rings. The summed E-state index contributed by atoms with van der Waals surface area (Å²) in [7, 11) is 3.67. The van der Waals surface area contributed by atoms with Gasteiger partial charge in [0.05, 0.1) is 5.54 Å². The molecule has 1 amide bonds. The highest BCUT2D eigenvalue weighted by Crippen LogP contribution is 2.10. The smallest absolute Gasteiger partial charge is 0.242 e. The van der Waals surface area contributed by atoms with E-state index in [0.29, 0.717) is 0 Å². The molecule has 0 saturated carbocycles. The van der Waals surface area contributed by atoms with Crippen LogP contribution in [0.25, 0.3) is 0 Å². The molecule has 0 fully saturated rings. The number of rotatable bonds is 5. The van der Waals surface area contributed by atoms with Gasteiger partial charge in [-0.1, -0.05) is 24.3 Å². The zero-order valence-electron chi connectivity index (χ0n) is 12.1. The van der Waals surface area contributed by atoms with Crippen LogP contribution in [0, 0.1) is 6.92 Å². The van der Waals surface area contributed by atoms with E-state index in [0.717, 1.165) is 13.0 Å². The number of carbonyl (C=O) groups is 1. The highest BCUT2D eigenvalue weighted by Gasteiger charge is 2.28. The van der Waals surface area contributed by atoms with E-state index >= 15 is 0 Å². The topological polar surface area (TPSA) is 32.3 Å². The second-order valence-electron chi connectivity index (χ2n) is 5.28. The Kier molecular flexibility index (Phi) is 4.91. The molecule has 100 valence electrons. The Morgan fingerprint density at radius 2 is 1.94 bits per heavy atom. The second kappa shape index (κ2) is 6.01. The van der Waals surface area contributed by atoms with Crippen LogP contribution in [-0.4, -0.2) is 37.0 Å². The van der Waals surface area contributed by atoms with Crippen LogP contribution in [-0.2, 0) is 11.2 Å². The van der Waals surface area contributed by atoms with Crippen LogP contribution in [0.4, 0.5) is 0 Å². The van der Waals surface area contributed by atoms with Gasteiger partial charge in [0.2, 0.25) is 5.91 Å². The first-order chi connectivity index (χ1) is 8.38. The van der Waals surface area contributed by atoms with Crippen LogP contribution in [0.1, 0.15) is 25.0 Å². The highest BCUT2D eigenvalue weighted by molar-refractivity contribution is 5.85. The summed E-state index contributed by atoms with van der Waals surface area (Å²) in [6.07, 6.45) is 0.898. The molecule has 1 rings (SSSR count). The average Bonchev–Trinajstić information content (AvgIpc) is 2.36. The summed E-state index contributed by atoms with van der Waals surface area (Å²) in [5.74, 6) is 0.124. The van der Waals surface area contributed by atoms with Crippen molar-refractivity contribution < 1.29 is 4.79 Å². The fourth-order valence-electron chi connectivity index (χ4n) is 1.86. The van der Waals surface area contributed by atoms with Crippen molar-refractivity contribution in [3.05, 3.63) is 35.4 Å². The number of benzene rings is 1. The maximum Gasteiger partial charge on any atom is 0.242 e. The summed E-state index contributed by atoms with van der Waals surface area (Å²) in [6.45, 7) is 6.66. The number of hydrogen-bond acceptors (Lipinski definition) is 2. The third-order valence-corrected chi connectivity index (χ3v) is 3.48. The third-order valence-electron chi connectivity index (χ3n) is 3.48. The van der Waals surface area contributed by atoms with Crippen molar-refractivity contribution >= 4 is 5.91 Å². The Balaban J connectivity index is 2.59. The number of carbonyl (C=O) groups excluding carboxylic acids is 1. The predicted molar refractivity (Wildman–Crippen MR) is 75.7 cm³/mol. The molecule has 0 spiro atoms. The van der Waals surface area contributed by atoms with Gasteiger partial charge in [-0.15, -0.1) is 0 Å². The standard InChI is InChI=1S/C15H24N2O/c1-12-8-6-7-9-13(12)10-11-17(5)14(18)15(2,3)16-4/h6-9,16H,10-11H2,1-5H3. The largest absolute Gasteiger partial charge is 0.344 e. The summed E-state index contributed by atoms with van der Waals surface area (Å²) < 4.78 is 0. The van der Waals surface area contributed by atoms with Crippen molar-refractivity contribution in [1.29, 1.82) is 0 Å². The quantitative estimate of drug-likeness (QED) is 0.864. The number of likely N-dealkylation sites (N-methyl/N-ethyl adjacent to an activating group) is 2. The van der Waals surface area contributed by atoms with E-state index in [1.807, 2.05) is 40.1 Å². The molecule has 0 heterocycles. The molecule has 18 heavy (non-hydrogen) atoms. The van der Waals surface area contributed by atoms with Gasteiger partial charge >= 0.3 is 0 Å². The Bertz CT molecular complexity index is 413. The number of nitrogens with zero attached hydrogens (tertiary/aromatic N) is 1. The molecule has 1 N–H and O–H groups in total. The molecule has 0 atom stereocenters. The summed E-state index contributed by atoms with van der Waals surface area (Å²) in [5, 5.41) is 3.04.